The number of benzene rings is 3. The molecule has 1 nitrogen and oxygen atoms in total. The molecule has 114 valence electrons. The van der Waals surface area contributed by atoms with Crippen LogP contribution in [0.5, 0.6) is 0 Å². The lowest BCUT2D eigenvalue weighted by atomic mass is 10.0. The number of hydrogen-bond donors (Lipinski definition) is 0. The molecule has 0 aliphatic heterocycles. The SMILES string of the molecule is Cc1cccc(C(=O)c2ccccc2SCc2ccccc2)c1. The monoisotopic (exact) mass is 318 g/mol. The van der Waals surface area contributed by atoms with E-state index in [1.807, 2.05) is 73.7 Å². The van der Waals surface area contributed by atoms with E-state index >= 15 is 0 Å². The third-order valence-electron chi connectivity index (χ3n) is 3.65. The minimum absolute atomic E-state index is 0.0878. The van der Waals surface area contributed by atoms with E-state index in [0.717, 1.165) is 27.3 Å². The molecule has 0 amide bonds. The van der Waals surface area contributed by atoms with Crippen molar-refractivity contribution in [2.24, 2.45) is 0 Å². The summed E-state index contributed by atoms with van der Waals surface area (Å²) in [5.41, 5.74) is 3.89. The number of hydrogen-bond acceptors (Lipinski definition) is 2. The van der Waals surface area contributed by atoms with Crippen LogP contribution in [-0.2, 0) is 5.75 Å². The second kappa shape index (κ2) is 7.30. The second-order valence-corrected chi connectivity index (χ2v) is 6.49. The van der Waals surface area contributed by atoms with Gasteiger partial charge in [-0.2, -0.15) is 0 Å². The van der Waals surface area contributed by atoms with Crippen LogP contribution in [0.4, 0.5) is 0 Å². The quantitative estimate of drug-likeness (QED) is 0.455. The van der Waals surface area contributed by atoms with E-state index in [2.05, 4.69) is 12.1 Å². The predicted octanol–water partition coefficient (Wildman–Crippen LogP) is 5.52. The molecule has 0 radical (unpaired) electrons. The number of ketones is 1. The van der Waals surface area contributed by atoms with Gasteiger partial charge in [0.2, 0.25) is 0 Å². The summed E-state index contributed by atoms with van der Waals surface area (Å²) in [5, 5.41) is 0. The van der Waals surface area contributed by atoms with Gasteiger partial charge in [-0.1, -0.05) is 66.2 Å². The van der Waals surface area contributed by atoms with Crippen LogP contribution in [0.25, 0.3) is 0 Å². The van der Waals surface area contributed by atoms with Crippen LogP contribution in [0.2, 0.25) is 0 Å². The maximum atomic E-state index is 12.8. The van der Waals surface area contributed by atoms with Crippen LogP contribution in [-0.4, -0.2) is 5.78 Å². The molecule has 0 aromatic heterocycles. The summed E-state index contributed by atoms with van der Waals surface area (Å²) in [5.74, 6) is 0.948. The number of rotatable bonds is 5. The molecule has 23 heavy (non-hydrogen) atoms. The van der Waals surface area contributed by atoms with Gasteiger partial charge in [-0.25, -0.2) is 0 Å². The smallest absolute Gasteiger partial charge is 0.194 e. The third-order valence-corrected chi connectivity index (χ3v) is 4.79. The van der Waals surface area contributed by atoms with E-state index < -0.39 is 0 Å². The molecule has 0 unspecified atom stereocenters. The Morgan fingerprint density at radius 2 is 1.61 bits per heavy atom. The van der Waals surface area contributed by atoms with Crippen molar-refractivity contribution >= 4 is 17.5 Å². The first kappa shape index (κ1) is 15.6. The molecule has 0 aliphatic carbocycles. The number of carbonyl (C=O) groups excluding carboxylic acids is 1. The van der Waals surface area contributed by atoms with Gasteiger partial charge in [-0.3, -0.25) is 4.79 Å². The molecule has 3 aromatic rings. The van der Waals surface area contributed by atoms with Gasteiger partial charge in [0, 0.05) is 21.8 Å². The van der Waals surface area contributed by atoms with Crippen LogP contribution in [0, 0.1) is 6.92 Å². The summed E-state index contributed by atoms with van der Waals surface area (Å²) in [6.45, 7) is 2.01. The van der Waals surface area contributed by atoms with Gasteiger partial charge in [0.1, 0.15) is 0 Å². The second-order valence-electron chi connectivity index (χ2n) is 5.47. The lowest BCUT2D eigenvalue weighted by molar-refractivity contribution is 0.103. The van der Waals surface area contributed by atoms with E-state index in [1.54, 1.807) is 11.8 Å². The zero-order valence-corrected chi connectivity index (χ0v) is 13.8. The molecular formula is C21H18OS. The Balaban J connectivity index is 1.84. The number of aryl methyl sites for hydroxylation is 1. The summed E-state index contributed by atoms with van der Waals surface area (Å²) < 4.78 is 0. The highest BCUT2D eigenvalue weighted by molar-refractivity contribution is 7.98. The Labute approximate surface area is 141 Å². The van der Waals surface area contributed by atoms with Gasteiger partial charge < -0.3 is 0 Å². The van der Waals surface area contributed by atoms with Crippen LogP contribution in [0.1, 0.15) is 27.0 Å². The predicted molar refractivity (Wildman–Crippen MR) is 97.1 cm³/mol. The van der Waals surface area contributed by atoms with Crippen molar-refractivity contribution in [2.45, 2.75) is 17.6 Å². The van der Waals surface area contributed by atoms with E-state index in [9.17, 15) is 4.79 Å². The molecule has 0 N–H and O–H groups in total. The van der Waals surface area contributed by atoms with E-state index in [-0.39, 0.29) is 5.78 Å². The van der Waals surface area contributed by atoms with Gasteiger partial charge in [-0.05, 0) is 30.7 Å². The van der Waals surface area contributed by atoms with Crippen molar-refractivity contribution in [3.63, 3.8) is 0 Å². The lowest BCUT2D eigenvalue weighted by Crippen LogP contribution is -2.03. The molecular weight excluding hydrogens is 300 g/mol. The molecule has 0 spiro atoms. The minimum Gasteiger partial charge on any atom is -0.289 e. The average molecular weight is 318 g/mol. The van der Waals surface area contributed by atoms with Gasteiger partial charge in [0.15, 0.2) is 5.78 Å². The Kier molecular flexibility index (Phi) is 4.94. The van der Waals surface area contributed by atoms with Crippen LogP contribution >= 0.6 is 11.8 Å². The Hall–Kier alpha value is -2.32. The maximum absolute atomic E-state index is 12.8. The largest absolute Gasteiger partial charge is 0.289 e. The number of carbonyl (C=O) groups is 1. The first-order chi connectivity index (χ1) is 11.2. The molecule has 0 bridgehead atoms. The van der Waals surface area contributed by atoms with Crippen molar-refractivity contribution in [1.82, 2.24) is 0 Å². The summed E-state index contributed by atoms with van der Waals surface area (Å²) in [7, 11) is 0. The van der Waals surface area contributed by atoms with Crippen molar-refractivity contribution in [3.05, 3.63) is 101 Å². The molecule has 0 fully saturated rings. The first-order valence-electron chi connectivity index (χ1n) is 7.61. The fourth-order valence-corrected chi connectivity index (χ4v) is 3.46. The Morgan fingerprint density at radius 1 is 0.870 bits per heavy atom. The first-order valence-corrected chi connectivity index (χ1v) is 8.60. The maximum Gasteiger partial charge on any atom is 0.194 e. The number of thioether (sulfide) groups is 1. The van der Waals surface area contributed by atoms with Crippen LogP contribution < -0.4 is 0 Å². The molecule has 0 heterocycles. The van der Waals surface area contributed by atoms with Crippen molar-refractivity contribution in [1.29, 1.82) is 0 Å². The van der Waals surface area contributed by atoms with Crippen molar-refractivity contribution < 1.29 is 4.79 Å². The molecule has 0 saturated heterocycles. The van der Waals surface area contributed by atoms with E-state index in [1.165, 1.54) is 5.56 Å². The molecule has 3 aromatic carbocycles. The zero-order chi connectivity index (χ0) is 16.1. The highest BCUT2D eigenvalue weighted by Gasteiger charge is 2.13. The van der Waals surface area contributed by atoms with Crippen molar-refractivity contribution in [3.8, 4) is 0 Å². The van der Waals surface area contributed by atoms with Gasteiger partial charge in [0.05, 0.1) is 0 Å². The van der Waals surface area contributed by atoms with Crippen LogP contribution in [0.3, 0.4) is 0 Å². The molecule has 0 saturated carbocycles. The van der Waals surface area contributed by atoms with Gasteiger partial charge in [0.25, 0.3) is 0 Å². The van der Waals surface area contributed by atoms with Crippen LogP contribution in [0.15, 0.2) is 83.8 Å². The fourth-order valence-electron chi connectivity index (χ4n) is 2.46. The van der Waals surface area contributed by atoms with Gasteiger partial charge in [-0.15, -0.1) is 11.8 Å². The molecule has 0 aliphatic rings. The summed E-state index contributed by atoms with van der Waals surface area (Å²) in [6, 6.07) is 25.9. The zero-order valence-electron chi connectivity index (χ0n) is 13.0. The van der Waals surface area contributed by atoms with E-state index in [4.69, 9.17) is 0 Å². The fraction of sp³-hybridized carbons (Fsp3) is 0.0952. The third kappa shape index (κ3) is 3.91. The topological polar surface area (TPSA) is 17.1 Å². The highest BCUT2D eigenvalue weighted by atomic mass is 32.2. The minimum atomic E-state index is 0.0878. The lowest BCUT2D eigenvalue weighted by Gasteiger charge is -2.09. The Bertz CT molecular complexity index is 809. The average Bonchev–Trinajstić information content (AvgIpc) is 2.60. The highest BCUT2D eigenvalue weighted by Crippen LogP contribution is 2.28. The Morgan fingerprint density at radius 3 is 2.39 bits per heavy atom. The molecule has 3 rings (SSSR count). The summed E-state index contributed by atoms with van der Waals surface area (Å²) in [6.07, 6.45) is 0. The summed E-state index contributed by atoms with van der Waals surface area (Å²) >= 11 is 1.71. The van der Waals surface area contributed by atoms with Gasteiger partial charge >= 0.3 is 0 Å². The van der Waals surface area contributed by atoms with Crippen molar-refractivity contribution in [2.75, 3.05) is 0 Å². The molecule has 2 heteroatoms. The normalized spacial score (nSPS) is 10.5. The summed E-state index contributed by atoms with van der Waals surface area (Å²) in [4.78, 5) is 13.8. The van der Waals surface area contributed by atoms with E-state index in [0.29, 0.717) is 0 Å². The standard InChI is InChI=1S/C21H18OS/c1-16-8-7-11-18(14-16)21(22)19-12-5-6-13-20(19)23-15-17-9-3-2-4-10-17/h2-14H,15H2,1H3. The molecule has 0 atom stereocenters.